The van der Waals surface area contributed by atoms with Crippen molar-refractivity contribution < 1.29 is 22.4 Å². The fourth-order valence-electron chi connectivity index (χ4n) is 2.54. The molecule has 2 aromatic heterocycles. The highest BCUT2D eigenvalue weighted by Gasteiger charge is 2.35. The molecule has 10 heteroatoms. The van der Waals surface area contributed by atoms with Crippen molar-refractivity contribution in [3.05, 3.63) is 64.7 Å². The van der Waals surface area contributed by atoms with Gasteiger partial charge in [-0.05, 0) is 37.3 Å². The van der Waals surface area contributed by atoms with Crippen molar-refractivity contribution in [2.75, 3.05) is 5.32 Å². The molecule has 0 fully saturated rings. The molecule has 1 aromatic carbocycles. The minimum atomic E-state index is -4.65. The summed E-state index contributed by atoms with van der Waals surface area (Å²) in [5.41, 5.74) is -1.18. The van der Waals surface area contributed by atoms with Crippen LogP contribution in [-0.4, -0.2) is 20.7 Å². The minimum absolute atomic E-state index is 0.0659. The molecule has 2 heterocycles. The summed E-state index contributed by atoms with van der Waals surface area (Å²) in [4.78, 5) is 15.8. The summed E-state index contributed by atoms with van der Waals surface area (Å²) in [5, 5.41) is 6.06. The lowest BCUT2D eigenvalue weighted by molar-refractivity contribution is -0.141. The first kappa shape index (κ1) is 23.3. The fraction of sp³-hybridized carbons (Fsp3) is 0.250. The number of halogens is 5. The van der Waals surface area contributed by atoms with Gasteiger partial charge >= 0.3 is 6.18 Å². The first-order chi connectivity index (χ1) is 14.2. The topological polar surface area (TPSA) is 59.8 Å². The Labute approximate surface area is 175 Å². The number of pyridine rings is 1. The average Bonchev–Trinajstić information content (AvgIpc) is 3.14. The van der Waals surface area contributed by atoms with Crippen LogP contribution in [0.4, 0.5) is 23.4 Å². The van der Waals surface area contributed by atoms with Gasteiger partial charge in [-0.1, -0.05) is 37.6 Å². The Kier molecular flexibility index (Phi) is 7.55. The molecule has 0 aliphatic rings. The molecular weight excluding hydrogens is 424 g/mol. The molecule has 0 saturated carbocycles. The zero-order chi connectivity index (χ0) is 22.5. The third-order valence-corrected chi connectivity index (χ3v) is 4.18. The van der Waals surface area contributed by atoms with Crippen LogP contribution in [0.1, 0.15) is 36.8 Å². The summed E-state index contributed by atoms with van der Waals surface area (Å²) in [7, 11) is 0. The second kappa shape index (κ2) is 9.71. The molecule has 3 rings (SSSR count). The number of rotatable bonds is 4. The number of carbonyl (C=O) groups is 1. The number of nitrogens with zero attached hydrogens (tertiary/aromatic N) is 3. The van der Waals surface area contributed by atoms with E-state index in [-0.39, 0.29) is 34.2 Å². The molecule has 3 aromatic rings. The van der Waals surface area contributed by atoms with Gasteiger partial charge < -0.3 is 5.32 Å². The lowest BCUT2D eigenvalue weighted by atomic mass is 10.2. The number of alkyl halides is 3. The molecule has 0 radical (unpaired) electrons. The smallest absolute Gasteiger partial charge is 0.306 e. The van der Waals surface area contributed by atoms with Gasteiger partial charge in [0.15, 0.2) is 5.69 Å². The number of benzene rings is 1. The molecule has 1 N–H and O–H groups in total. The molecular formula is C20H19ClF4N4O. The molecule has 0 saturated heterocycles. The van der Waals surface area contributed by atoms with Gasteiger partial charge in [0, 0.05) is 6.54 Å². The first-order valence-corrected chi connectivity index (χ1v) is 9.46. The quantitative estimate of drug-likeness (QED) is 0.395. The second-order valence-corrected chi connectivity index (χ2v) is 6.10. The maximum atomic E-state index is 14.5. The third-order valence-electron chi connectivity index (χ3n) is 3.85. The molecule has 0 bridgehead atoms. The van der Waals surface area contributed by atoms with Crippen LogP contribution >= 0.6 is 11.6 Å². The Morgan fingerprint density at radius 2 is 1.83 bits per heavy atom. The molecule has 30 heavy (non-hydrogen) atoms. The molecule has 0 spiro atoms. The Balaban J connectivity index is 0.00000155. The summed E-state index contributed by atoms with van der Waals surface area (Å²) in [6.07, 6.45) is -4.65. The zero-order valence-electron chi connectivity index (χ0n) is 16.4. The highest BCUT2D eigenvalue weighted by atomic mass is 35.5. The van der Waals surface area contributed by atoms with Gasteiger partial charge in [0.1, 0.15) is 5.82 Å². The highest BCUT2D eigenvalue weighted by molar-refractivity contribution is 6.34. The van der Waals surface area contributed by atoms with Crippen LogP contribution in [0.3, 0.4) is 0 Å². The van der Waals surface area contributed by atoms with E-state index in [1.54, 1.807) is 19.1 Å². The summed E-state index contributed by atoms with van der Waals surface area (Å²) < 4.78 is 54.2. The van der Waals surface area contributed by atoms with Crippen molar-refractivity contribution in [1.82, 2.24) is 14.8 Å². The normalized spacial score (nSPS) is 10.9. The maximum Gasteiger partial charge on any atom is 0.435 e. The summed E-state index contributed by atoms with van der Waals surface area (Å²) in [6.45, 7) is 5.69. The Hall–Kier alpha value is -2.94. The molecule has 0 aliphatic carbocycles. The molecule has 1 amide bonds. The van der Waals surface area contributed by atoms with Gasteiger partial charge in [0.2, 0.25) is 5.95 Å². The third kappa shape index (κ3) is 5.15. The van der Waals surface area contributed by atoms with Gasteiger partial charge in [-0.15, -0.1) is 0 Å². The van der Waals surface area contributed by atoms with Crippen LogP contribution in [-0.2, 0) is 12.7 Å². The van der Waals surface area contributed by atoms with E-state index < -0.39 is 23.7 Å². The van der Waals surface area contributed by atoms with Crippen LogP contribution in [0.15, 0.2) is 42.5 Å². The van der Waals surface area contributed by atoms with Crippen LogP contribution < -0.4 is 5.32 Å². The Morgan fingerprint density at radius 3 is 2.40 bits per heavy atom. The number of hydrogen-bond acceptors (Lipinski definition) is 3. The van der Waals surface area contributed by atoms with Gasteiger partial charge in [-0.2, -0.15) is 22.7 Å². The summed E-state index contributed by atoms with van der Waals surface area (Å²) in [5.74, 6) is -1.74. The van der Waals surface area contributed by atoms with Gasteiger partial charge in [0.05, 0.1) is 21.8 Å². The lowest BCUT2D eigenvalue weighted by Crippen LogP contribution is -2.14. The van der Waals surface area contributed by atoms with E-state index in [9.17, 15) is 22.4 Å². The van der Waals surface area contributed by atoms with E-state index in [0.29, 0.717) is 0 Å². The lowest BCUT2D eigenvalue weighted by Gasteiger charge is -2.09. The van der Waals surface area contributed by atoms with Crippen molar-refractivity contribution >= 4 is 23.3 Å². The van der Waals surface area contributed by atoms with Gasteiger partial charge in [-0.25, -0.2) is 4.98 Å². The average molecular weight is 443 g/mol. The van der Waals surface area contributed by atoms with E-state index in [2.05, 4.69) is 15.4 Å². The second-order valence-electron chi connectivity index (χ2n) is 5.70. The Bertz CT molecular complexity index is 1030. The number of aromatic nitrogens is 3. The van der Waals surface area contributed by atoms with Crippen molar-refractivity contribution in [1.29, 1.82) is 0 Å². The molecule has 0 atom stereocenters. The van der Waals surface area contributed by atoms with Crippen molar-refractivity contribution in [2.45, 2.75) is 33.5 Å². The number of carbonyl (C=O) groups excluding carboxylic acids is 1. The van der Waals surface area contributed by atoms with Crippen LogP contribution in [0.25, 0.3) is 11.3 Å². The number of nitrogens with one attached hydrogen (secondary N) is 1. The number of amides is 1. The SMILES string of the molecule is CC.CCn1nc(C(F)(F)F)cc1-c1ccc(NC(=O)c2ccccc2Cl)nc1F. The van der Waals surface area contributed by atoms with E-state index in [1.807, 2.05) is 13.8 Å². The van der Waals surface area contributed by atoms with E-state index in [4.69, 9.17) is 11.6 Å². The Morgan fingerprint density at radius 1 is 1.17 bits per heavy atom. The minimum Gasteiger partial charge on any atom is -0.306 e. The van der Waals surface area contributed by atoms with E-state index in [0.717, 1.165) is 10.7 Å². The van der Waals surface area contributed by atoms with Gasteiger partial charge in [-0.3, -0.25) is 9.48 Å². The van der Waals surface area contributed by atoms with Crippen LogP contribution in [0, 0.1) is 5.95 Å². The number of hydrogen-bond donors (Lipinski definition) is 1. The van der Waals surface area contributed by atoms with Crippen molar-refractivity contribution in [3.8, 4) is 11.3 Å². The first-order valence-electron chi connectivity index (χ1n) is 9.08. The van der Waals surface area contributed by atoms with Crippen LogP contribution in [0.5, 0.6) is 0 Å². The van der Waals surface area contributed by atoms with Gasteiger partial charge in [0.25, 0.3) is 5.91 Å². The van der Waals surface area contributed by atoms with E-state index in [1.165, 1.54) is 24.3 Å². The zero-order valence-corrected chi connectivity index (χ0v) is 17.1. The van der Waals surface area contributed by atoms with Crippen molar-refractivity contribution in [3.63, 3.8) is 0 Å². The fourth-order valence-corrected chi connectivity index (χ4v) is 2.76. The maximum absolute atomic E-state index is 14.5. The van der Waals surface area contributed by atoms with Crippen molar-refractivity contribution in [2.24, 2.45) is 0 Å². The summed E-state index contributed by atoms with van der Waals surface area (Å²) >= 11 is 5.94. The summed E-state index contributed by atoms with van der Waals surface area (Å²) in [6, 6.07) is 9.55. The number of anilines is 1. The van der Waals surface area contributed by atoms with Crippen LogP contribution in [0.2, 0.25) is 5.02 Å². The highest BCUT2D eigenvalue weighted by Crippen LogP contribution is 2.32. The predicted octanol–water partition coefficient (Wildman–Crippen LogP) is 6.05. The monoisotopic (exact) mass is 442 g/mol. The largest absolute Gasteiger partial charge is 0.435 e. The number of aryl methyl sites for hydroxylation is 1. The van der Waals surface area contributed by atoms with E-state index >= 15 is 0 Å². The molecule has 5 nitrogen and oxygen atoms in total. The standard InChI is InChI=1S/C18H13ClF4N4O.C2H6/c1-2-27-13(9-14(26-27)18(21,22)23)11-7-8-15(24-16(11)20)25-17(28)10-5-3-4-6-12(10)19;1-2/h3-9H,2H2,1H3,(H,24,25,28);1-2H3. The molecule has 0 aliphatic heterocycles. The molecule has 160 valence electrons. The predicted molar refractivity (Wildman–Crippen MR) is 107 cm³/mol. The molecule has 0 unspecified atom stereocenters.